The van der Waals surface area contributed by atoms with Gasteiger partial charge in [0, 0.05) is 5.25 Å². The van der Waals surface area contributed by atoms with Crippen molar-refractivity contribution in [3.63, 3.8) is 0 Å². The molecule has 0 radical (unpaired) electrons. The van der Waals surface area contributed by atoms with Gasteiger partial charge >= 0.3 is 0 Å². The van der Waals surface area contributed by atoms with Gasteiger partial charge in [0.2, 0.25) is 0 Å². The molecule has 14 heavy (non-hydrogen) atoms. The highest BCUT2D eigenvalue weighted by molar-refractivity contribution is 8.00. The molecule has 0 saturated carbocycles. The van der Waals surface area contributed by atoms with Crippen molar-refractivity contribution in [1.82, 2.24) is 5.43 Å². The summed E-state index contributed by atoms with van der Waals surface area (Å²) in [5.74, 6) is 6.99. The first-order valence-electron chi connectivity index (χ1n) is 5.68. The highest BCUT2D eigenvalue weighted by Crippen LogP contribution is 2.33. The molecular weight excluding hydrogens is 192 g/mol. The van der Waals surface area contributed by atoms with Gasteiger partial charge in [0.25, 0.3) is 0 Å². The summed E-state index contributed by atoms with van der Waals surface area (Å²) in [6, 6.07) is 0.447. The van der Waals surface area contributed by atoms with Gasteiger partial charge in [0.15, 0.2) is 0 Å². The van der Waals surface area contributed by atoms with Gasteiger partial charge in [-0.2, -0.15) is 11.8 Å². The number of nitrogens with two attached hydrogens (primary N) is 1. The summed E-state index contributed by atoms with van der Waals surface area (Å²) in [6.07, 6.45) is 10.3. The quantitative estimate of drug-likeness (QED) is 0.428. The lowest BCUT2D eigenvalue weighted by atomic mass is 9.91. The van der Waals surface area contributed by atoms with Crippen LogP contribution in [0.5, 0.6) is 0 Å². The summed E-state index contributed by atoms with van der Waals surface area (Å²) in [4.78, 5) is 0. The molecule has 1 aliphatic heterocycles. The van der Waals surface area contributed by atoms with E-state index in [1.807, 2.05) is 0 Å². The minimum atomic E-state index is 0.447. The van der Waals surface area contributed by atoms with Crippen LogP contribution in [0.3, 0.4) is 0 Å². The third-order valence-electron chi connectivity index (χ3n) is 3.24. The fourth-order valence-electron chi connectivity index (χ4n) is 2.46. The van der Waals surface area contributed by atoms with Crippen LogP contribution in [0.15, 0.2) is 11.6 Å². The Morgan fingerprint density at radius 2 is 2.36 bits per heavy atom. The van der Waals surface area contributed by atoms with Crippen LogP contribution in [-0.2, 0) is 0 Å². The summed E-state index contributed by atoms with van der Waals surface area (Å²) in [5.41, 5.74) is 4.59. The molecule has 1 aliphatic carbocycles. The van der Waals surface area contributed by atoms with Crippen LogP contribution in [0.4, 0.5) is 0 Å². The van der Waals surface area contributed by atoms with Crippen LogP contribution in [0.2, 0.25) is 0 Å². The maximum Gasteiger partial charge on any atom is 0.0538 e. The van der Waals surface area contributed by atoms with Gasteiger partial charge in [-0.25, -0.2) is 0 Å². The highest BCUT2D eigenvalue weighted by Gasteiger charge is 2.27. The van der Waals surface area contributed by atoms with Crippen molar-refractivity contribution in [2.24, 2.45) is 5.84 Å². The molecule has 1 fully saturated rings. The van der Waals surface area contributed by atoms with E-state index in [2.05, 4.69) is 23.3 Å². The predicted molar refractivity (Wildman–Crippen MR) is 63.1 cm³/mol. The molecule has 0 bridgehead atoms. The molecule has 80 valence electrons. The highest BCUT2D eigenvalue weighted by atomic mass is 32.2. The lowest BCUT2D eigenvalue weighted by Crippen LogP contribution is -2.43. The van der Waals surface area contributed by atoms with Crippen molar-refractivity contribution < 1.29 is 0 Å². The van der Waals surface area contributed by atoms with E-state index in [9.17, 15) is 0 Å². The summed E-state index contributed by atoms with van der Waals surface area (Å²) in [5, 5.41) is 0.726. The molecule has 2 unspecified atom stereocenters. The monoisotopic (exact) mass is 212 g/mol. The maximum absolute atomic E-state index is 5.68. The zero-order chi connectivity index (χ0) is 9.80. The second-order valence-electron chi connectivity index (χ2n) is 4.22. The van der Waals surface area contributed by atoms with Gasteiger partial charge in [-0.05, 0) is 44.3 Å². The Hall–Kier alpha value is 0.01000. The molecule has 0 amide bonds. The molecule has 3 N–H and O–H groups in total. The van der Waals surface area contributed by atoms with Crippen LogP contribution >= 0.6 is 11.8 Å². The van der Waals surface area contributed by atoms with E-state index in [0.29, 0.717) is 6.04 Å². The van der Waals surface area contributed by atoms with Crippen LogP contribution in [-0.4, -0.2) is 17.0 Å². The Labute approximate surface area is 90.7 Å². The van der Waals surface area contributed by atoms with E-state index in [4.69, 9.17) is 5.84 Å². The van der Waals surface area contributed by atoms with E-state index in [0.717, 1.165) is 5.25 Å². The molecule has 0 spiro atoms. The van der Waals surface area contributed by atoms with Crippen molar-refractivity contribution in [2.75, 3.05) is 5.75 Å². The van der Waals surface area contributed by atoms with Crippen molar-refractivity contribution in [1.29, 1.82) is 0 Å². The number of allylic oxidation sites excluding steroid dienone is 1. The first kappa shape index (κ1) is 10.5. The Morgan fingerprint density at radius 3 is 2.93 bits per heavy atom. The summed E-state index contributed by atoms with van der Waals surface area (Å²) in [7, 11) is 0. The number of nitrogens with one attached hydrogen (secondary N) is 1. The zero-order valence-electron chi connectivity index (χ0n) is 8.67. The molecule has 0 aromatic carbocycles. The van der Waals surface area contributed by atoms with Crippen LogP contribution in [0.1, 0.15) is 38.5 Å². The normalized spacial score (nSPS) is 30.1. The summed E-state index contributed by atoms with van der Waals surface area (Å²) in [6.45, 7) is 0. The zero-order valence-corrected chi connectivity index (χ0v) is 9.48. The molecular formula is C11H20N2S. The van der Waals surface area contributed by atoms with Gasteiger partial charge < -0.3 is 0 Å². The van der Waals surface area contributed by atoms with E-state index in [1.54, 1.807) is 5.57 Å². The van der Waals surface area contributed by atoms with Gasteiger partial charge in [-0.1, -0.05) is 11.6 Å². The lowest BCUT2D eigenvalue weighted by Gasteiger charge is -2.27. The molecule has 2 aliphatic rings. The van der Waals surface area contributed by atoms with Crippen molar-refractivity contribution in [3.8, 4) is 0 Å². The van der Waals surface area contributed by atoms with E-state index < -0.39 is 0 Å². The van der Waals surface area contributed by atoms with Crippen LogP contribution in [0.25, 0.3) is 0 Å². The topological polar surface area (TPSA) is 38.0 Å². The molecule has 0 aromatic rings. The minimum absolute atomic E-state index is 0.447. The first-order valence-corrected chi connectivity index (χ1v) is 6.73. The molecule has 1 saturated heterocycles. The SMILES string of the molecule is NNC(C1=CCCCC1)C1CCCS1. The van der Waals surface area contributed by atoms with Gasteiger partial charge in [-0.15, -0.1) is 0 Å². The minimum Gasteiger partial charge on any atom is -0.271 e. The van der Waals surface area contributed by atoms with Gasteiger partial charge in [-0.3, -0.25) is 11.3 Å². The molecule has 0 aromatic heterocycles. The average Bonchev–Trinajstić information content (AvgIpc) is 2.74. The van der Waals surface area contributed by atoms with Crippen molar-refractivity contribution >= 4 is 11.8 Å². The predicted octanol–water partition coefficient (Wildman–Crippen LogP) is 2.21. The largest absolute Gasteiger partial charge is 0.271 e. The Bertz CT molecular complexity index is 209. The molecule has 2 rings (SSSR count). The van der Waals surface area contributed by atoms with Gasteiger partial charge in [0.05, 0.1) is 6.04 Å². The Kier molecular flexibility index (Phi) is 3.90. The number of hydrogen-bond donors (Lipinski definition) is 2. The van der Waals surface area contributed by atoms with Crippen LogP contribution in [0, 0.1) is 0 Å². The third-order valence-corrected chi connectivity index (χ3v) is 4.70. The van der Waals surface area contributed by atoms with Crippen molar-refractivity contribution in [2.45, 2.75) is 49.8 Å². The smallest absolute Gasteiger partial charge is 0.0538 e. The number of hydrazine groups is 1. The number of thioether (sulfide) groups is 1. The van der Waals surface area contributed by atoms with Crippen LogP contribution < -0.4 is 11.3 Å². The van der Waals surface area contributed by atoms with Gasteiger partial charge in [0.1, 0.15) is 0 Å². The second kappa shape index (κ2) is 5.19. The lowest BCUT2D eigenvalue weighted by molar-refractivity contribution is 0.519. The Balaban J connectivity index is 1.99. The second-order valence-corrected chi connectivity index (χ2v) is 5.57. The summed E-state index contributed by atoms with van der Waals surface area (Å²) >= 11 is 2.09. The average molecular weight is 212 g/mol. The molecule has 1 heterocycles. The first-order chi connectivity index (χ1) is 6.92. The number of rotatable bonds is 3. The molecule has 2 atom stereocenters. The standard InChI is InChI=1S/C11H20N2S/c12-13-11(10-7-4-8-14-10)9-5-2-1-3-6-9/h5,10-11,13H,1-4,6-8,12H2. The van der Waals surface area contributed by atoms with E-state index >= 15 is 0 Å². The Morgan fingerprint density at radius 1 is 1.43 bits per heavy atom. The van der Waals surface area contributed by atoms with E-state index in [-0.39, 0.29) is 0 Å². The van der Waals surface area contributed by atoms with Crippen molar-refractivity contribution in [3.05, 3.63) is 11.6 Å². The fourth-order valence-corrected chi connectivity index (χ4v) is 3.88. The fraction of sp³-hybridized carbons (Fsp3) is 0.818. The third kappa shape index (κ3) is 2.33. The summed E-state index contributed by atoms with van der Waals surface area (Å²) < 4.78 is 0. The van der Waals surface area contributed by atoms with E-state index in [1.165, 1.54) is 44.3 Å². The maximum atomic E-state index is 5.68. The molecule has 2 nitrogen and oxygen atoms in total. The molecule has 3 heteroatoms. The number of hydrogen-bond acceptors (Lipinski definition) is 3.